The maximum Gasteiger partial charge on any atom is 0.339 e. The van der Waals surface area contributed by atoms with Crippen LogP contribution in [0.15, 0.2) is 12.4 Å². The first kappa shape index (κ1) is 14.3. The largest absolute Gasteiger partial charge is 0.478 e. The Morgan fingerprint density at radius 1 is 1.55 bits per heavy atom. The Bertz CT molecular complexity index is 623. The number of carbonyl (C=O) groups is 1. The van der Waals surface area contributed by atoms with E-state index in [0.29, 0.717) is 29.9 Å². The highest BCUT2D eigenvalue weighted by atomic mass is 16.5. The van der Waals surface area contributed by atoms with E-state index in [0.717, 1.165) is 0 Å². The van der Waals surface area contributed by atoms with Gasteiger partial charge in [-0.3, -0.25) is 4.68 Å². The van der Waals surface area contributed by atoms with Crippen LogP contribution in [0.2, 0.25) is 0 Å². The molecule has 0 spiro atoms. The van der Waals surface area contributed by atoms with Crippen molar-refractivity contribution in [3.63, 3.8) is 0 Å². The number of carboxylic acid groups (broad SMARTS) is 1. The number of aromatic nitrogens is 3. The minimum Gasteiger partial charge on any atom is -0.478 e. The van der Waals surface area contributed by atoms with Crippen LogP contribution in [-0.2, 0) is 11.8 Å². The molecule has 7 nitrogen and oxygen atoms in total. The predicted molar refractivity (Wildman–Crippen MR) is 75.0 cm³/mol. The molecule has 1 unspecified atom stereocenters. The molecule has 2 aromatic heterocycles. The highest BCUT2D eigenvalue weighted by Crippen LogP contribution is 2.25. The first-order valence-electron chi connectivity index (χ1n) is 6.44. The van der Waals surface area contributed by atoms with Crippen LogP contribution >= 0.6 is 0 Å². The number of pyridine rings is 1. The molecule has 20 heavy (non-hydrogen) atoms. The third kappa shape index (κ3) is 2.72. The normalized spacial score (nSPS) is 12.6. The van der Waals surface area contributed by atoms with E-state index in [1.807, 2.05) is 13.8 Å². The second-order valence-electron chi connectivity index (χ2n) is 4.50. The van der Waals surface area contributed by atoms with E-state index in [-0.39, 0.29) is 11.7 Å². The Labute approximate surface area is 116 Å². The fourth-order valence-electron chi connectivity index (χ4n) is 2.04. The molecule has 0 aliphatic rings. The second kappa shape index (κ2) is 5.87. The van der Waals surface area contributed by atoms with Crippen LogP contribution in [0.25, 0.3) is 11.0 Å². The zero-order valence-electron chi connectivity index (χ0n) is 11.8. The lowest BCUT2D eigenvalue weighted by atomic mass is 10.1. The van der Waals surface area contributed by atoms with E-state index in [9.17, 15) is 9.90 Å². The maximum absolute atomic E-state index is 11.3. The summed E-state index contributed by atoms with van der Waals surface area (Å²) in [6.07, 6.45) is 2.95. The van der Waals surface area contributed by atoms with Gasteiger partial charge < -0.3 is 15.2 Å². The number of fused-ring (bicyclic) bond motifs is 1. The average molecular weight is 278 g/mol. The van der Waals surface area contributed by atoms with Gasteiger partial charge in [-0.15, -0.1) is 0 Å². The van der Waals surface area contributed by atoms with Crippen molar-refractivity contribution in [1.82, 2.24) is 14.8 Å². The summed E-state index contributed by atoms with van der Waals surface area (Å²) in [4.78, 5) is 15.4. The van der Waals surface area contributed by atoms with Gasteiger partial charge in [0.2, 0.25) is 0 Å². The zero-order chi connectivity index (χ0) is 14.7. The number of hydrogen-bond acceptors (Lipinski definition) is 5. The van der Waals surface area contributed by atoms with Gasteiger partial charge in [0.25, 0.3) is 0 Å². The molecule has 0 aliphatic carbocycles. The van der Waals surface area contributed by atoms with Gasteiger partial charge in [-0.2, -0.15) is 5.10 Å². The molecule has 0 aromatic carbocycles. The van der Waals surface area contributed by atoms with Crippen molar-refractivity contribution >= 4 is 22.7 Å². The molecule has 0 radical (unpaired) electrons. The quantitative estimate of drug-likeness (QED) is 0.832. The van der Waals surface area contributed by atoms with Gasteiger partial charge in [0.15, 0.2) is 5.65 Å². The van der Waals surface area contributed by atoms with Crippen LogP contribution in [0.1, 0.15) is 24.2 Å². The van der Waals surface area contributed by atoms with E-state index in [1.54, 1.807) is 17.9 Å². The minimum atomic E-state index is -1.02. The van der Waals surface area contributed by atoms with Crippen molar-refractivity contribution < 1.29 is 14.6 Å². The molecule has 0 saturated heterocycles. The highest BCUT2D eigenvalue weighted by molar-refractivity contribution is 6.03. The number of aromatic carboxylic acids is 1. The number of hydrogen-bond donors (Lipinski definition) is 2. The van der Waals surface area contributed by atoms with E-state index in [4.69, 9.17) is 4.74 Å². The number of rotatable bonds is 6. The topological polar surface area (TPSA) is 89.3 Å². The van der Waals surface area contributed by atoms with Crippen molar-refractivity contribution in [2.24, 2.45) is 7.05 Å². The summed E-state index contributed by atoms with van der Waals surface area (Å²) in [6, 6.07) is 0. The molecule has 2 heterocycles. The lowest BCUT2D eigenvalue weighted by Gasteiger charge is -2.15. The average Bonchev–Trinajstić information content (AvgIpc) is 2.78. The van der Waals surface area contributed by atoms with Crippen LogP contribution in [0, 0.1) is 0 Å². The third-order valence-corrected chi connectivity index (χ3v) is 3.01. The number of carboxylic acids is 1. The number of aryl methyl sites for hydroxylation is 1. The molecule has 2 rings (SSSR count). The van der Waals surface area contributed by atoms with Crippen LogP contribution < -0.4 is 5.32 Å². The van der Waals surface area contributed by atoms with Gasteiger partial charge >= 0.3 is 5.97 Å². The van der Waals surface area contributed by atoms with E-state index < -0.39 is 5.97 Å². The summed E-state index contributed by atoms with van der Waals surface area (Å²) in [5, 5.41) is 17.2. The maximum atomic E-state index is 11.3. The van der Waals surface area contributed by atoms with Gasteiger partial charge in [0.05, 0.1) is 23.4 Å². The summed E-state index contributed by atoms with van der Waals surface area (Å²) in [7, 11) is 1.77. The fraction of sp³-hybridized carbons (Fsp3) is 0.462. The standard InChI is InChI=1S/C13H18N4O3/c1-4-20-8(2)5-14-11-9-7-16-17(3)12(9)15-6-10(11)13(18)19/h6-8H,4-5H2,1-3H3,(H,14,15)(H,18,19). The Hall–Kier alpha value is -2.15. The summed E-state index contributed by atoms with van der Waals surface area (Å²) in [5.41, 5.74) is 1.30. The molecule has 0 fully saturated rings. The lowest BCUT2D eigenvalue weighted by molar-refractivity contribution is 0.0696. The van der Waals surface area contributed by atoms with Crippen LogP contribution in [0.4, 0.5) is 5.69 Å². The van der Waals surface area contributed by atoms with Crippen molar-refractivity contribution in [2.45, 2.75) is 20.0 Å². The summed E-state index contributed by atoms with van der Waals surface area (Å²) in [5.74, 6) is -1.02. The van der Waals surface area contributed by atoms with Crippen molar-refractivity contribution in [2.75, 3.05) is 18.5 Å². The second-order valence-corrected chi connectivity index (χ2v) is 4.50. The molecular weight excluding hydrogens is 260 g/mol. The molecule has 2 aromatic rings. The van der Waals surface area contributed by atoms with Crippen molar-refractivity contribution in [3.05, 3.63) is 18.0 Å². The molecule has 1 atom stereocenters. The van der Waals surface area contributed by atoms with Crippen LogP contribution in [0.5, 0.6) is 0 Å². The molecule has 0 saturated carbocycles. The van der Waals surface area contributed by atoms with E-state index >= 15 is 0 Å². The van der Waals surface area contributed by atoms with Gasteiger partial charge in [-0.25, -0.2) is 9.78 Å². The van der Waals surface area contributed by atoms with Crippen LogP contribution in [-0.4, -0.2) is 45.1 Å². The van der Waals surface area contributed by atoms with Crippen LogP contribution in [0.3, 0.4) is 0 Å². The van der Waals surface area contributed by atoms with E-state index in [1.165, 1.54) is 6.20 Å². The smallest absolute Gasteiger partial charge is 0.339 e. The minimum absolute atomic E-state index is 0.0125. The summed E-state index contributed by atoms with van der Waals surface area (Å²) >= 11 is 0. The van der Waals surface area contributed by atoms with Gasteiger partial charge in [0, 0.05) is 26.4 Å². The van der Waals surface area contributed by atoms with Gasteiger partial charge in [0.1, 0.15) is 5.56 Å². The Morgan fingerprint density at radius 3 is 2.95 bits per heavy atom. The Morgan fingerprint density at radius 2 is 2.30 bits per heavy atom. The molecular formula is C13H18N4O3. The molecule has 0 aliphatic heterocycles. The SMILES string of the molecule is CCOC(C)CNc1c(C(=O)O)cnc2c1cnn2C. The van der Waals surface area contributed by atoms with Gasteiger partial charge in [-0.1, -0.05) is 0 Å². The summed E-state index contributed by atoms with van der Waals surface area (Å²) in [6.45, 7) is 4.99. The van der Waals surface area contributed by atoms with Crippen molar-refractivity contribution in [1.29, 1.82) is 0 Å². The lowest BCUT2D eigenvalue weighted by Crippen LogP contribution is -2.21. The monoisotopic (exact) mass is 278 g/mol. The molecule has 0 amide bonds. The number of anilines is 1. The molecule has 108 valence electrons. The number of ether oxygens (including phenoxy) is 1. The number of nitrogens with zero attached hydrogens (tertiary/aromatic N) is 3. The van der Waals surface area contributed by atoms with Gasteiger partial charge in [-0.05, 0) is 13.8 Å². The first-order chi connectivity index (χ1) is 9.54. The third-order valence-electron chi connectivity index (χ3n) is 3.01. The molecule has 2 N–H and O–H groups in total. The first-order valence-corrected chi connectivity index (χ1v) is 6.44. The molecule has 7 heteroatoms. The zero-order valence-corrected chi connectivity index (χ0v) is 11.8. The molecule has 0 bridgehead atoms. The Kier molecular flexibility index (Phi) is 4.19. The fourth-order valence-corrected chi connectivity index (χ4v) is 2.04. The number of nitrogens with one attached hydrogen (secondary N) is 1. The van der Waals surface area contributed by atoms with E-state index in [2.05, 4.69) is 15.4 Å². The highest BCUT2D eigenvalue weighted by Gasteiger charge is 2.17. The predicted octanol–water partition coefficient (Wildman–Crippen LogP) is 1.50. The Balaban J connectivity index is 2.37. The van der Waals surface area contributed by atoms with Crippen molar-refractivity contribution in [3.8, 4) is 0 Å². The summed E-state index contributed by atoms with van der Waals surface area (Å²) < 4.78 is 7.04.